The summed E-state index contributed by atoms with van der Waals surface area (Å²) in [6, 6.07) is 17.2. The van der Waals surface area contributed by atoms with Crippen molar-refractivity contribution in [2.75, 3.05) is 0 Å². The Morgan fingerprint density at radius 2 is 1.49 bits per heavy atom. The highest BCUT2D eigenvalue weighted by molar-refractivity contribution is 6.09. The lowest BCUT2D eigenvalue weighted by atomic mass is 10.1. The maximum Gasteiger partial charge on any atom is 0.200 e. The molecule has 0 amide bonds. The summed E-state index contributed by atoms with van der Waals surface area (Å²) in [7, 11) is 0. The summed E-state index contributed by atoms with van der Waals surface area (Å²) in [4.78, 5) is 4.43. The van der Waals surface area contributed by atoms with Crippen LogP contribution in [0.5, 0.6) is 5.75 Å². The lowest BCUT2D eigenvalue weighted by Gasteiger charge is -2.12. The van der Waals surface area contributed by atoms with E-state index in [0.717, 1.165) is 40.3 Å². The molecule has 0 radical (unpaired) electrons. The summed E-state index contributed by atoms with van der Waals surface area (Å²) in [6.07, 6.45) is 3.46. The van der Waals surface area contributed by atoms with Crippen molar-refractivity contribution >= 4 is 34.2 Å². The first-order valence-corrected chi connectivity index (χ1v) is 11.4. The van der Waals surface area contributed by atoms with Crippen LogP contribution in [0.3, 0.4) is 0 Å². The molecule has 37 heavy (non-hydrogen) atoms. The first kappa shape index (κ1) is 26.4. The third kappa shape index (κ3) is 4.85. The number of halogens is 6. The molecule has 0 saturated carbocycles. The molecule has 0 fully saturated rings. The molecule has 3 aromatic carbocycles. The van der Waals surface area contributed by atoms with Crippen molar-refractivity contribution in [3.8, 4) is 5.75 Å². The number of ether oxygens (including phenoxy) is 1. The summed E-state index contributed by atoms with van der Waals surface area (Å²) in [5.41, 5.74) is 2.85. The molecule has 5 rings (SSSR count). The van der Waals surface area contributed by atoms with E-state index in [2.05, 4.69) is 21.7 Å². The maximum absolute atomic E-state index is 14.1. The second-order valence-electron chi connectivity index (χ2n) is 8.55. The van der Waals surface area contributed by atoms with E-state index in [9.17, 15) is 22.0 Å². The van der Waals surface area contributed by atoms with Crippen molar-refractivity contribution in [1.82, 2.24) is 9.55 Å². The van der Waals surface area contributed by atoms with Crippen LogP contribution in [0.2, 0.25) is 0 Å². The fraction of sp³-hybridized carbons (Fsp3) is 0.179. The number of fused-ring (bicyclic) bond motifs is 3. The molecule has 0 N–H and O–H groups in total. The zero-order valence-electron chi connectivity index (χ0n) is 19.7. The molecule has 0 aliphatic heterocycles. The predicted molar refractivity (Wildman–Crippen MR) is 135 cm³/mol. The number of nitrogens with zero attached hydrogens (tertiary/aromatic N) is 2. The Labute approximate surface area is 215 Å². The molecule has 2 heterocycles. The number of aryl methyl sites for hydroxylation is 3. The molecular weight excluding hydrogens is 511 g/mol. The fourth-order valence-corrected chi connectivity index (χ4v) is 4.54. The lowest BCUT2D eigenvalue weighted by Crippen LogP contribution is -2.10. The van der Waals surface area contributed by atoms with Gasteiger partial charge in [-0.3, -0.25) is 4.98 Å². The van der Waals surface area contributed by atoms with Crippen molar-refractivity contribution in [1.29, 1.82) is 0 Å². The van der Waals surface area contributed by atoms with Gasteiger partial charge in [0, 0.05) is 29.6 Å². The highest BCUT2D eigenvalue weighted by Crippen LogP contribution is 2.33. The Balaban J connectivity index is 0.00000320. The van der Waals surface area contributed by atoms with Gasteiger partial charge in [0.1, 0.15) is 12.4 Å². The lowest BCUT2D eigenvalue weighted by molar-refractivity contribution is 0.279. The van der Waals surface area contributed by atoms with Crippen molar-refractivity contribution in [3.05, 3.63) is 107 Å². The highest BCUT2D eigenvalue weighted by Gasteiger charge is 2.26. The van der Waals surface area contributed by atoms with Crippen LogP contribution in [0, 0.1) is 36.0 Å². The molecule has 0 aliphatic rings. The number of benzene rings is 3. The quantitative estimate of drug-likeness (QED) is 0.121. The van der Waals surface area contributed by atoms with Crippen LogP contribution in [0.15, 0.2) is 60.8 Å². The molecule has 0 spiro atoms. The summed E-state index contributed by atoms with van der Waals surface area (Å²) in [5.74, 6) is -9.74. The van der Waals surface area contributed by atoms with Crippen LogP contribution in [0.25, 0.3) is 21.8 Å². The van der Waals surface area contributed by atoms with E-state index in [1.165, 1.54) is 5.56 Å². The average Bonchev–Trinajstić information content (AvgIpc) is 3.21. The first-order valence-electron chi connectivity index (χ1n) is 11.4. The fourth-order valence-electron chi connectivity index (χ4n) is 4.54. The van der Waals surface area contributed by atoms with Crippen LogP contribution in [-0.4, -0.2) is 9.55 Å². The van der Waals surface area contributed by atoms with Crippen molar-refractivity contribution in [2.45, 2.75) is 32.9 Å². The molecular formula is C28H22ClF5N2O. The van der Waals surface area contributed by atoms with Crippen LogP contribution in [-0.2, 0) is 19.6 Å². The molecule has 2 aromatic heterocycles. The van der Waals surface area contributed by atoms with Crippen LogP contribution < -0.4 is 4.74 Å². The topological polar surface area (TPSA) is 27.1 Å². The second kappa shape index (κ2) is 10.8. The Kier molecular flexibility index (Phi) is 7.68. The minimum absolute atomic E-state index is 0. The van der Waals surface area contributed by atoms with E-state index in [-0.39, 0.29) is 18.2 Å². The number of hydrogen-bond acceptors (Lipinski definition) is 2. The second-order valence-corrected chi connectivity index (χ2v) is 8.55. The Hall–Kier alpha value is -3.65. The smallest absolute Gasteiger partial charge is 0.200 e. The number of hydrogen-bond donors (Lipinski definition) is 0. The zero-order chi connectivity index (χ0) is 25.4. The van der Waals surface area contributed by atoms with Gasteiger partial charge < -0.3 is 9.30 Å². The largest absolute Gasteiger partial charge is 0.489 e. The van der Waals surface area contributed by atoms with Crippen LogP contribution in [0.4, 0.5) is 22.0 Å². The van der Waals surface area contributed by atoms with E-state index < -0.39 is 41.3 Å². The molecule has 3 nitrogen and oxygen atoms in total. The minimum Gasteiger partial charge on any atom is -0.489 e. The van der Waals surface area contributed by atoms with Crippen molar-refractivity contribution in [2.24, 2.45) is 0 Å². The first-order chi connectivity index (χ1) is 17.4. The molecule has 0 atom stereocenters. The predicted octanol–water partition coefficient (Wildman–Crippen LogP) is 7.83. The maximum atomic E-state index is 14.1. The normalized spacial score (nSPS) is 11.2. The number of pyridine rings is 1. The van der Waals surface area contributed by atoms with E-state index in [0.29, 0.717) is 6.54 Å². The van der Waals surface area contributed by atoms with E-state index in [1.54, 1.807) is 18.3 Å². The number of aromatic nitrogens is 2. The molecule has 5 aromatic rings. The van der Waals surface area contributed by atoms with Gasteiger partial charge in [-0.1, -0.05) is 30.3 Å². The molecule has 0 unspecified atom stereocenters. The summed E-state index contributed by atoms with van der Waals surface area (Å²) >= 11 is 0. The van der Waals surface area contributed by atoms with E-state index >= 15 is 0 Å². The van der Waals surface area contributed by atoms with Gasteiger partial charge >= 0.3 is 0 Å². The average molecular weight is 533 g/mol. The molecule has 192 valence electrons. The van der Waals surface area contributed by atoms with Crippen molar-refractivity contribution in [3.63, 3.8) is 0 Å². The van der Waals surface area contributed by atoms with Gasteiger partial charge in [-0.2, -0.15) is 0 Å². The Morgan fingerprint density at radius 1 is 0.811 bits per heavy atom. The standard InChI is InChI=1S/C28H21F5N2O.ClH/c1-16-28-20(11-12-34-16)19-10-9-18(36-15-21-23(29)25(31)27(33)26(32)24(21)30)14-22(19)35(28)13-5-8-17-6-3-2-4-7-17;/h2-4,6-7,9-12,14H,5,8,13,15H2,1H3;1H. The molecule has 0 saturated heterocycles. The van der Waals surface area contributed by atoms with E-state index in [1.807, 2.05) is 37.3 Å². The van der Waals surface area contributed by atoms with Gasteiger partial charge in [-0.15, -0.1) is 12.4 Å². The van der Waals surface area contributed by atoms with Gasteiger partial charge in [0.15, 0.2) is 23.3 Å². The summed E-state index contributed by atoms with van der Waals surface area (Å²) in [6.45, 7) is 1.80. The highest BCUT2D eigenvalue weighted by atomic mass is 35.5. The van der Waals surface area contributed by atoms with Crippen molar-refractivity contribution < 1.29 is 26.7 Å². The third-order valence-electron chi connectivity index (χ3n) is 6.30. The Morgan fingerprint density at radius 3 is 2.19 bits per heavy atom. The summed E-state index contributed by atoms with van der Waals surface area (Å²) < 4.78 is 76.2. The van der Waals surface area contributed by atoms with Gasteiger partial charge in [0.2, 0.25) is 5.82 Å². The zero-order valence-corrected chi connectivity index (χ0v) is 20.5. The van der Waals surface area contributed by atoms with Gasteiger partial charge in [-0.05, 0) is 43.5 Å². The SMILES string of the molecule is Cc1nccc2c3ccc(OCc4c(F)c(F)c(F)c(F)c4F)cc3n(CCCc3ccccc3)c12.Cl. The third-order valence-corrected chi connectivity index (χ3v) is 6.30. The minimum atomic E-state index is -2.20. The summed E-state index contributed by atoms with van der Waals surface area (Å²) in [5, 5.41) is 1.95. The van der Waals surface area contributed by atoms with E-state index in [4.69, 9.17) is 4.74 Å². The number of rotatable bonds is 7. The Bertz CT molecular complexity index is 1560. The van der Waals surface area contributed by atoms with Gasteiger partial charge in [0.05, 0.1) is 22.3 Å². The molecule has 0 aliphatic carbocycles. The molecule has 9 heteroatoms. The molecule has 0 bridgehead atoms. The van der Waals surface area contributed by atoms with Gasteiger partial charge in [0.25, 0.3) is 0 Å². The monoisotopic (exact) mass is 532 g/mol. The van der Waals surface area contributed by atoms with Crippen LogP contribution in [0.1, 0.15) is 23.2 Å². The van der Waals surface area contributed by atoms with Gasteiger partial charge in [-0.25, -0.2) is 22.0 Å². The van der Waals surface area contributed by atoms with Crippen LogP contribution >= 0.6 is 12.4 Å².